The van der Waals surface area contributed by atoms with Gasteiger partial charge < -0.3 is 9.47 Å². The molecule has 7 nitrogen and oxygen atoms in total. The summed E-state index contributed by atoms with van der Waals surface area (Å²) in [5, 5.41) is -0.422. The Labute approximate surface area is 172 Å². The molecule has 1 saturated heterocycles. The van der Waals surface area contributed by atoms with E-state index in [1.54, 1.807) is 13.8 Å². The van der Waals surface area contributed by atoms with E-state index in [1.165, 1.54) is 17.7 Å². The van der Waals surface area contributed by atoms with Crippen LogP contribution in [-0.4, -0.2) is 44.5 Å². The Morgan fingerprint density at radius 2 is 1.83 bits per heavy atom. The van der Waals surface area contributed by atoms with Gasteiger partial charge in [-0.1, -0.05) is 12.8 Å². The van der Waals surface area contributed by atoms with Crippen LogP contribution in [0.25, 0.3) is 0 Å². The third-order valence-corrected chi connectivity index (χ3v) is 8.88. The highest BCUT2D eigenvalue weighted by Gasteiger charge is 2.34. The molecule has 8 heteroatoms. The average Bonchev–Trinajstić information content (AvgIpc) is 3.26. The van der Waals surface area contributed by atoms with Crippen LogP contribution < -0.4 is 5.56 Å². The van der Waals surface area contributed by atoms with E-state index in [-0.39, 0.29) is 10.8 Å². The lowest BCUT2D eigenvalue weighted by atomic mass is 9.92. The second kappa shape index (κ2) is 9.00. The maximum atomic E-state index is 13.1. The van der Waals surface area contributed by atoms with Crippen molar-refractivity contribution in [2.75, 3.05) is 20.3 Å². The molecule has 3 rings (SSSR count). The molecule has 1 aliphatic carbocycles. The predicted molar refractivity (Wildman–Crippen MR) is 109 cm³/mol. The Bertz CT molecular complexity index is 908. The molecular formula is C21H31NO6S. The van der Waals surface area contributed by atoms with E-state index >= 15 is 0 Å². The van der Waals surface area contributed by atoms with Gasteiger partial charge in [0.1, 0.15) is 6.04 Å². The van der Waals surface area contributed by atoms with E-state index in [0.717, 1.165) is 25.7 Å². The highest BCUT2D eigenvalue weighted by molar-refractivity contribution is 7.92. The summed E-state index contributed by atoms with van der Waals surface area (Å²) in [6, 6.07) is 0.438. The predicted octanol–water partition coefficient (Wildman–Crippen LogP) is 2.71. The van der Waals surface area contributed by atoms with Gasteiger partial charge in [0, 0.05) is 25.0 Å². The van der Waals surface area contributed by atoms with E-state index in [4.69, 9.17) is 9.47 Å². The number of nitrogens with zero attached hydrogens (tertiary/aromatic N) is 1. The molecule has 162 valence electrons. The van der Waals surface area contributed by atoms with Gasteiger partial charge in [-0.2, -0.15) is 0 Å². The number of rotatable bonds is 6. The number of methoxy groups -OCH3 is 1. The topological polar surface area (TPSA) is 91.7 Å². The van der Waals surface area contributed by atoms with Crippen molar-refractivity contribution in [1.82, 2.24) is 4.57 Å². The Kier molecular flexibility index (Phi) is 6.83. The first-order valence-electron chi connectivity index (χ1n) is 10.4. The zero-order valence-corrected chi connectivity index (χ0v) is 18.3. The van der Waals surface area contributed by atoms with E-state index in [1.807, 2.05) is 0 Å². The Hall–Kier alpha value is -1.67. The lowest BCUT2D eigenvalue weighted by Crippen LogP contribution is -2.36. The van der Waals surface area contributed by atoms with Crippen LogP contribution in [0, 0.1) is 19.8 Å². The van der Waals surface area contributed by atoms with Crippen LogP contribution in [-0.2, 0) is 24.1 Å². The van der Waals surface area contributed by atoms with Crippen molar-refractivity contribution in [2.24, 2.45) is 5.92 Å². The number of carbonyl (C=O) groups is 1. The highest BCUT2D eigenvalue weighted by Crippen LogP contribution is 2.33. The van der Waals surface area contributed by atoms with Gasteiger partial charge >= 0.3 is 5.97 Å². The second-order valence-corrected chi connectivity index (χ2v) is 10.4. The Morgan fingerprint density at radius 3 is 2.41 bits per heavy atom. The number of sulfone groups is 1. The number of pyridine rings is 1. The van der Waals surface area contributed by atoms with E-state index in [0.29, 0.717) is 43.7 Å². The van der Waals surface area contributed by atoms with Gasteiger partial charge in [0.05, 0.1) is 17.3 Å². The first-order chi connectivity index (χ1) is 13.8. The first-order valence-corrected chi connectivity index (χ1v) is 11.9. The maximum Gasteiger partial charge on any atom is 0.328 e. The molecule has 0 N–H and O–H groups in total. The van der Waals surface area contributed by atoms with Crippen molar-refractivity contribution < 1.29 is 22.7 Å². The third-order valence-electron chi connectivity index (χ3n) is 6.50. The van der Waals surface area contributed by atoms with Gasteiger partial charge in [0.15, 0.2) is 9.84 Å². The smallest absolute Gasteiger partial charge is 0.328 e. The lowest BCUT2D eigenvalue weighted by molar-refractivity contribution is -0.145. The Morgan fingerprint density at radius 1 is 1.21 bits per heavy atom. The van der Waals surface area contributed by atoms with Gasteiger partial charge in [-0.15, -0.1) is 0 Å². The molecule has 1 saturated carbocycles. The zero-order valence-electron chi connectivity index (χ0n) is 17.5. The quantitative estimate of drug-likeness (QED) is 0.651. The summed E-state index contributed by atoms with van der Waals surface area (Å²) < 4.78 is 38.0. The molecule has 0 radical (unpaired) electrons. The molecule has 0 spiro atoms. The molecule has 29 heavy (non-hydrogen) atoms. The number of hydrogen-bond acceptors (Lipinski definition) is 6. The van der Waals surface area contributed by atoms with E-state index in [2.05, 4.69) is 0 Å². The minimum Gasteiger partial charge on any atom is -0.467 e. The standard InChI is InChI=1S/C21H31NO6S/c1-14-15(2)22(18(21(24)27-3)12-16-8-10-28-11-9-16)20(23)13-19(14)29(25,26)17-6-4-5-7-17/h13,16-18H,4-12H2,1-3H3. The summed E-state index contributed by atoms with van der Waals surface area (Å²) in [5.41, 5.74) is 0.584. The zero-order chi connectivity index (χ0) is 21.2. The fraction of sp³-hybridized carbons (Fsp3) is 0.714. The maximum absolute atomic E-state index is 13.1. The van der Waals surface area contributed by atoms with Crippen LogP contribution in [0.3, 0.4) is 0 Å². The normalized spacial score (nSPS) is 20.0. The summed E-state index contributed by atoms with van der Waals surface area (Å²) in [6.07, 6.45) is 5.20. The van der Waals surface area contributed by atoms with Gasteiger partial charge in [-0.3, -0.25) is 9.36 Å². The molecule has 1 aromatic heterocycles. The molecule has 1 aromatic rings. The molecule has 1 unspecified atom stereocenters. The lowest BCUT2D eigenvalue weighted by Gasteiger charge is -2.28. The van der Waals surface area contributed by atoms with Crippen LogP contribution in [0.1, 0.15) is 62.2 Å². The average molecular weight is 426 g/mol. The molecule has 0 aromatic carbocycles. The largest absolute Gasteiger partial charge is 0.467 e. The molecule has 0 amide bonds. The molecule has 2 fully saturated rings. The summed E-state index contributed by atoms with van der Waals surface area (Å²) in [5.74, 6) is -0.228. The van der Waals surface area contributed by atoms with Crippen LogP contribution in [0.4, 0.5) is 0 Å². The molecule has 2 aliphatic rings. The fourth-order valence-electron chi connectivity index (χ4n) is 4.62. The van der Waals surface area contributed by atoms with Crippen molar-refractivity contribution in [3.8, 4) is 0 Å². The number of ether oxygens (including phenoxy) is 2. The van der Waals surface area contributed by atoms with E-state index < -0.39 is 32.7 Å². The van der Waals surface area contributed by atoms with Crippen molar-refractivity contribution in [1.29, 1.82) is 0 Å². The van der Waals surface area contributed by atoms with Crippen LogP contribution >= 0.6 is 0 Å². The number of esters is 1. The monoisotopic (exact) mass is 425 g/mol. The molecule has 1 aliphatic heterocycles. The van der Waals surface area contributed by atoms with Crippen molar-refractivity contribution in [3.63, 3.8) is 0 Å². The number of aromatic nitrogens is 1. The van der Waals surface area contributed by atoms with Crippen molar-refractivity contribution in [3.05, 3.63) is 27.7 Å². The number of carbonyl (C=O) groups excluding carboxylic acids is 1. The van der Waals surface area contributed by atoms with Gasteiger partial charge in [-0.05, 0) is 57.4 Å². The van der Waals surface area contributed by atoms with Crippen molar-refractivity contribution >= 4 is 15.8 Å². The van der Waals surface area contributed by atoms with Crippen LogP contribution in [0.15, 0.2) is 15.8 Å². The summed E-state index contributed by atoms with van der Waals surface area (Å²) in [7, 11) is -2.24. The summed E-state index contributed by atoms with van der Waals surface area (Å²) in [6.45, 7) is 4.72. The fourth-order valence-corrected chi connectivity index (χ4v) is 6.77. The van der Waals surface area contributed by atoms with Gasteiger partial charge in [0.25, 0.3) is 5.56 Å². The SMILES string of the molecule is COC(=O)C(CC1CCOCC1)n1c(C)c(C)c(S(=O)(=O)C2CCCC2)cc1=O. The molecule has 2 heterocycles. The number of hydrogen-bond donors (Lipinski definition) is 0. The van der Waals surface area contributed by atoms with Crippen molar-refractivity contribution in [2.45, 2.75) is 75.0 Å². The minimum absolute atomic E-state index is 0.109. The third kappa shape index (κ3) is 4.43. The molecule has 0 bridgehead atoms. The second-order valence-electron chi connectivity index (χ2n) is 8.21. The first kappa shape index (κ1) is 22.0. The van der Waals surface area contributed by atoms with E-state index in [9.17, 15) is 18.0 Å². The van der Waals surface area contributed by atoms with Crippen LogP contribution in [0.2, 0.25) is 0 Å². The van der Waals surface area contributed by atoms with Gasteiger partial charge in [-0.25, -0.2) is 13.2 Å². The summed E-state index contributed by atoms with van der Waals surface area (Å²) >= 11 is 0. The summed E-state index contributed by atoms with van der Waals surface area (Å²) in [4.78, 5) is 25.7. The van der Waals surface area contributed by atoms with Crippen LogP contribution in [0.5, 0.6) is 0 Å². The molecular weight excluding hydrogens is 394 g/mol. The minimum atomic E-state index is -3.56. The highest BCUT2D eigenvalue weighted by atomic mass is 32.2. The van der Waals surface area contributed by atoms with Gasteiger partial charge in [0.2, 0.25) is 0 Å². The Balaban J connectivity index is 2.02. The molecule has 1 atom stereocenters.